The Morgan fingerprint density at radius 2 is 2.06 bits per heavy atom. The van der Waals surface area contributed by atoms with Gasteiger partial charge in [-0.05, 0) is 26.0 Å². The van der Waals surface area contributed by atoms with Crippen LogP contribution in [-0.2, 0) is 0 Å². The zero-order chi connectivity index (χ0) is 12.4. The molecule has 1 amide bonds. The van der Waals surface area contributed by atoms with Gasteiger partial charge in [0.15, 0.2) is 0 Å². The number of amides is 1. The average molecular weight is 249 g/mol. The lowest BCUT2D eigenvalue weighted by Crippen LogP contribution is -2.30. The van der Waals surface area contributed by atoms with E-state index in [2.05, 4.69) is 10.3 Å². The van der Waals surface area contributed by atoms with Crippen molar-refractivity contribution < 1.29 is 4.79 Å². The van der Waals surface area contributed by atoms with Crippen molar-refractivity contribution >= 4 is 28.4 Å². The molecule has 0 saturated carbocycles. The number of hydrogen-bond acceptors (Lipinski definition) is 2. The third kappa shape index (κ3) is 2.56. The molecule has 2 rings (SSSR count). The van der Waals surface area contributed by atoms with Crippen LogP contribution in [-0.4, -0.2) is 16.9 Å². The maximum atomic E-state index is 12.0. The van der Waals surface area contributed by atoms with Crippen molar-refractivity contribution in [1.82, 2.24) is 10.3 Å². The fraction of sp³-hybridized carbons (Fsp3) is 0.231. The van der Waals surface area contributed by atoms with Crippen LogP contribution in [0.4, 0.5) is 0 Å². The SMILES string of the molecule is CC(C)NC(=O)c1cc(Cl)nc2ccccc12. The van der Waals surface area contributed by atoms with Crippen LogP contribution in [0.1, 0.15) is 24.2 Å². The lowest BCUT2D eigenvalue weighted by atomic mass is 10.1. The number of rotatable bonds is 2. The van der Waals surface area contributed by atoms with E-state index in [9.17, 15) is 4.79 Å². The van der Waals surface area contributed by atoms with Crippen LogP contribution in [0.5, 0.6) is 0 Å². The van der Waals surface area contributed by atoms with Crippen molar-refractivity contribution in [3.63, 3.8) is 0 Å². The topological polar surface area (TPSA) is 42.0 Å². The van der Waals surface area contributed by atoms with Gasteiger partial charge in [0.25, 0.3) is 5.91 Å². The third-order valence-corrected chi connectivity index (χ3v) is 2.54. The summed E-state index contributed by atoms with van der Waals surface area (Å²) in [7, 11) is 0. The van der Waals surface area contributed by atoms with Gasteiger partial charge in [-0.15, -0.1) is 0 Å². The summed E-state index contributed by atoms with van der Waals surface area (Å²) < 4.78 is 0. The molecule has 0 saturated heterocycles. The Balaban J connectivity index is 2.56. The number of pyridine rings is 1. The van der Waals surface area contributed by atoms with E-state index in [1.54, 1.807) is 6.07 Å². The molecule has 0 aliphatic heterocycles. The third-order valence-electron chi connectivity index (χ3n) is 2.35. The molecule has 3 nitrogen and oxygen atoms in total. The van der Waals surface area contributed by atoms with Crippen LogP contribution >= 0.6 is 11.6 Å². The largest absolute Gasteiger partial charge is 0.350 e. The molecule has 1 N–H and O–H groups in total. The Kier molecular flexibility index (Phi) is 3.29. The highest BCUT2D eigenvalue weighted by atomic mass is 35.5. The molecule has 1 heterocycles. The fourth-order valence-electron chi connectivity index (χ4n) is 1.67. The first-order valence-corrected chi connectivity index (χ1v) is 5.82. The summed E-state index contributed by atoms with van der Waals surface area (Å²) in [5.74, 6) is -0.125. The maximum Gasteiger partial charge on any atom is 0.252 e. The minimum atomic E-state index is -0.125. The molecule has 17 heavy (non-hydrogen) atoms. The quantitative estimate of drug-likeness (QED) is 0.830. The first kappa shape index (κ1) is 11.9. The predicted molar refractivity (Wildman–Crippen MR) is 69.4 cm³/mol. The first-order chi connectivity index (χ1) is 8.08. The summed E-state index contributed by atoms with van der Waals surface area (Å²) in [6.07, 6.45) is 0. The molecule has 0 aliphatic carbocycles. The van der Waals surface area contributed by atoms with Crippen LogP contribution in [0.2, 0.25) is 5.15 Å². The molecular weight excluding hydrogens is 236 g/mol. The zero-order valence-corrected chi connectivity index (χ0v) is 10.5. The predicted octanol–water partition coefficient (Wildman–Crippen LogP) is 3.03. The van der Waals surface area contributed by atoms with Crippen LogP contribution in [0, 0.1) is 0 Å². The second kappa shape index (κ2) is 4.72. The number of aromatic nitrogens is 1. The van der Waals surface area contributed by atoms with Crippen molar-refractivity contribution in [3.8, 4) is 0 Å². The maximum absolute atomic E-state index is 12.0. The molecule has 2 aromatic rings. The van der Waals surface area contributed by atoms with Crippen LogP contribution in [0.3, 0.4) is 0 Å². The van der Waals surface area contributed by atoms with Crippen molar-refractivity contribution in [2.75, 3.05) is 0 Å². The van der Waals surface area contributed by atoms with Crippen molar-refractivity contribution in [3.05, 3.63) is 41.0 Å². The summed E-state index contributed by atoms with van der Waals surface area (Å²) in [5, 5.41) is 4.00. The molecule has 0 atom stereocenters. The second-order valence-electron chi connectivity index (χ2n) is 4.14. The molecule has 0 radical (unpaired) electrons. The highest BCUT2D eigenvalue weighted by Gasteiger charge is 2.12. The Hall–Kier alpha value is -1.61. The minimum absolute atomic E-state index is 0.0909. The summed E-state index contributed by atoms with van der Waals surface area (Å²) in [6.45, 7) is 3.84. The number of nitrogens with zero attached hydrogens (tertiary/aromatic N) is 1. The van der Waals surface area contributed by atoms with Gasteiger partial charge in [-0.2, -0.15) is 0 Å². The smallest absolute Gasteiger partial charge is 0.252 e. The van der Waals surface area contributed by atoms with Crippen LogP contribution in [0.25, 0.3) is 10.9 Å². The number of carbonyl (C=O) groups excluding carboxylic acids is 1. The zero-order valence-electron chi connectivity index (χ0n) is 9.70. The van der Waals surface area contributed by atoms with Gasteiger partial charge in [-0.3, -0.25) is 4.79 Å². The number of benzene rings is 1. The highest BCUT2D eigenvalue weighted by molar-refractivity contribution is 6.30. The number of halogens is 1. The number of nitrogens with one attached hydrogen (secondary N) is 1. The van der Waals surface area contributed by atoms with Gasteiger partial charge in [0.1, 0.15) is 5.15 Å². The molecule has 0 aliphatic rings. The summed E-state index contributed by atoms with van der Waals surface area (Å²) >= 11 is 5.91. The lowest BCUT2D eigenvalue weighted by molar-refractivity contribution is 0.0944. The normalized spacial score (nSPS) is 10.8. The molecule has 0 unspecified atom stereocenters. The number of carbonyl (C=O) groups is 1. The summed E-state index contributed by atoms with van der Waals surface area (Å²) in [6, 6.07) is 9.15. The van der Waals surface area contributed by atoms with Gasteiger partial charge < -0.3 is 5.32 Å². The van der Waals surface area contributed by atoms with E-state index in [0.717, 1.165) is 10.9 Å². The molecule has 4 heteroatoms. The lowest BCUT2D eigenvalue weighted by Gasteiger charge is -2.10. The number of fused-ring (bicyclic) bond motifs is 1. The van der Waals surface area contributed by atoms with E-state index in [1.807, 2.05) is 38.1 Å². The second-order valence-corrected chi connectivity index (χ2v) is 4.53. The molecule has 1 aromatic carbocycles. The Labute approximate surface area is 105 Å². The molecule has 88 valence electrons. The molecule has 0 spiro atoms. The van der Waals surface area contributed by atoms with E-state index in [4.69, 9.17) is 11.6 Å². The van der Waals surface area contributed by atoms with Gasteiger partial charge in [0.2, 0.25) is 0 Å². The molecular formula is C13H13ClN2O. The summed E-state index contributed by atoms with van der Waals surface area (Å²) in [4.78, 5) is 16.2. The molecule has 1 aromatic heterocycles. The van der Waals surface area contributed by atoms with E-state index < -0.39 is 0 Å². The Morgan fingerprint density at radius 3 is 2.76 bits per heavy atom. The van der Waals surface area contributed by atoms with Gasteiger partial charge in [-0.25, -0.2) is 4.98 Å². The number of para-hydroxylation sites is 1. The Bertz CT molecular complexity index is 566. The van der Waals surface area contributed by atoms with E-state index >= 15 is 0 Å². The van der Waals surface area contributed by atoms with Gasteiger partial charge in [0.05, 0.1) is 11.1 Å². The van der Waals surface area contributed by atoms with E-state index in [1.165, 1.54) is 0 Å². The van der Waals surface area contributed by atoms with Gasteiger partial charge in [0, 0.05) is 11.4 Å². The highest BCUT2D eigenvalue weighted by Crippen LogP contribution is 2.20. The standard InChI is InChI=1S/C13H13ClN2O/c1-8(2)15-13(17)10-7-12(14)16-11-6-4-3-5-9(10)11/h3-8H,1-2H3,(H,15,17). The van der Waals surface area contributed by atoms with Crippen LogP contribution < -0.4 is 5.32 Å². The van der Waals surface area contributed by atoms with Crippen LogP contribution in [0.15, 0.2) is 30.3 Å². The molecule has 0 bridgehead atoms. The first-order valence-electron chi connectivity index (χ1n) is 5.44. The van der Waals surface area contributed by atoms with Crippen molar-refractivity contribution in [1.29, 1.82) is 0 Å². The summed E-state index contributed by atoms with van der Waals surface area (Å²) in [5.41, 5.74) is 1.29. The average Bonchev–Trinajstić information content (AvgIpc) is 2.26. The van der Waals surface area contributed by atoms with Gasteiger partial charge in [-0.1, -0.05) is 29.8 Å². The van der Waals surface area contributed by atoms with Crippen molar-refractivity contribution in [2.24, 2.45) is 0 Å². The van der Waals surface area contributed by atoms with Crippen molar-refractivity contribution in [2.45, 2.75) is 19.9 Å². The minimum Gasteiger partial charge on any atom is -0.350 e. The number of hydrogen-bond donors (Lipinski definition) is 1. The monoisotopic (exact) mass is 248 g/mol. The molecule has 0 fully saturated rings. The Morgan fingerprint density at radius 1 is 1.35 bits per heavy atom. The van der Waals surface area contributed by atoms with E-state index in [0.29, 0.717) is 10.7 Å². The fourth-order valence-corrected chi connectivity index (χ4v) is 1.87. The van der Waals surface area contributed by atoms with E-state index in [-0.39, 0.29) is 11.9 Å². The van der Waals surface area contributed by atoms with Gasteiger partial charge >= 0.3 is 0 Å².